The van der Waals surface area contributed by atoms with Crippen molar-refractivity contribution in [2.75, 3.05) is 23.9 Å². The lowest BCUT2D eigenvalue weighted by molar-refractivity contribution is 0.102. The molecule has 0 spiro atoms. The maximum atomic E-state index is 12.2. The number of hydrogen-bond donors (Lipinski definition) is 1. The van der Waals surface area contributed by atoms with E-state index in [-0.39, 0.29) is 23.5 Å². The summed E-state index contributed by atoms with van der Waals surface area (Å²) < 4.78 is 23.2. The minimum absolute atomic E-state index is 0.0751. The highest BCUT2D eigenvalue weighted by atomic mass is 32.2. The third-order valence-electron chi connectivity index (χ3n) is 4.51. The molecular weight excluding hydrogens is 336 g/mol. The van der Waals surface area contributed by atoms with Gasteiger partial charge in [0, 0.05) is 23.8 Å². The molecule has 132 valence electrons. The van der Waals surface area contributed by atoms with Crippen LogP contribution >= 0.6 is 0 Å². The van der Waals surface area contributed by atoms with Crippen LogP contribution in [-0.2, 0) is 16.4 Å². The number of carbonyl (C=O) groups is 1. The van der Waals surface area contributed by atoms with Crippen LogP contribution in [0, 0.1) is 0 Å². The SMILES string of the molecule is CN(Cc1ccc(C(=O)Nc2ccccc2)cc1)[C@@H]1CCS(=O)(=O)C1. The molecule has 5 nitrogen and oxygen atoms in total. The number of para-hydroxylation sites is 1. The first-order valence-electron chi connectivity index (χ1n) is 8.29. The first-order valence-corrected chi connectivity index (χ1v) is 10.1. The Bertz CT molecular complexity index is 833. The monoisotopic (exact) mass is 358 g/mol. The molecule has 0 aromatic heterocycles. The minimum Gasteiger partial charge on any atom is -0.322 e. The van der Waals surface area contributed by atoms with E-state index in [1.54, 1.807) is 12.1 Å². The molecule has 0 bridgehead atoms. The van der Waals surface area contributed by atoms with Gasteiger partial charge in [-0.3, -0.25) is 9.69 Å². The second-order valence-corrected chi connectivity index (χ2v) is 8.72. The van der Waals surface area contributed by atoms with E-state index in [2.05, 4.69) is 10.2 Å². The summed E-state index contributed by atoms with van der Waals surface area (Å²) in [4.78, 5) is 14.3. The zero-order chi connectivity index (χ0) is 17.9. The second kappa shape index (κ2) is 7.37. The highest BCUT2D eigenvalue weighted by Crippen LogP contribution is 2.19. The highest BCUT2D eigenvalue weighted by molar-refractivity contribution is 7.91. The molecule has 0 aliphatic carbocycles. The quantitative estimate of drug-likeness (QED) is 0.892. The van der Waals surface area contributed by atoms with Gasteiger partial charge in [0.15, 0.2) is 9.84 Å². The molecule has 2 aromatic carbocycles. The molecule has 1 fully saturated rings. The lowest BCUT2D eigenvalue weighted by atomic mass is 10.1. The summed E-state index contributed by atoms with van der Waals surface area (Å²) in [6.07, 6.45) is 0.691. The summed E-state index contributed by atoms with van der Waals surface area (Å²) in [5, 5.41) is 2.86. The summed E-state index contributed by atoms with van der Waals surface area (Å²) in [6.45, 7) is 0.667. The van der Waals surface area contributed by atoms with E-state index < -0.39 is 9.84 Å². The number of amides is 1. The van der Waals surface area contributed by atoms with Gasteiger partial charge in [-0.25, -0.2) is 8.42 Å². The van der Waals surface area contributed by atoms with Gasteiger partial charge in [-0.05, 0) is 43.3 Å². The van der Waals surface area contributed by atoms with Crippen molar-refractivity contribution in [1.82, 2.24) is 4.90 Å². The van der Waals surface area contributed by atoms with E-state index in [9.17, 15) is 13.2 Å². The highest BCUT2D eigenvalue weighted by Gasteiger charge is 2.30. The maximum Gasteiger partial charge on any atom is 0.255 e. The number of rotatable bonds is 5. The number of nitrogens with one attached hydrogen (secondary N) is 1. The van der Waals surface area contributed by atoms with Gasteiger partial charge in [0.05, 0.1) is 11.5 Å². The predicted octanol–water partition coefficient (Wildman–Crippen LogP) is 2.56. The van der Waals surface area contributed by atoms with Crippen LogP contribution in [0.4, 0.5) is 5.69 Å². The largest absolute Gasteiger partial charge is 0.322 e. The summed E-state index contributed by atoms with van der Waals surface area (Å²) in [7, 11) is -0.929. The van der Waals surface area contributed by atoms with Gasteiger partial charge >= 0.3 is 0 Å². The van der Waals surface area contributed by atoms with Gasteiger partial charge in [0.25, 0.3) is 5.91 Å². The van der Waals surface area contributed by atoms with Crippen molar-refractivity contribution in [3.8, 4) is 0 Å². The van der Waals surface area contributed by atoms with Crippen LogP contribution in [0.3, 0.4) is 0 Å². The van der Waals surface area contributed by atoms with Crippen molar-refractivity contribution in [3.63, 3.8) is 0 Å². The molecule has 6 heteroatoms. The Labute approximate surface area is 148 Å². The van der Waals surface area contributed by atoms with E-state index in [0.29, 0.717) is 18.5 Å². The Kier molecular flexibility index (Phi) is 5.20. The Morgan fingerprint density at radius 3 is 2.40 bits per heavy atom. The summed E-state index contributed by atoms with van der Waals surface area (Å²) >= 11 is 0. The number of benzene rings is 2. The van der Waals surface area contributed by atoms with Gasteiger partial charge in [-0.2, -0.15) is 0 Å². The van der Waals surface area contributed by atoms with Gasteiger partial charge in [-0.1, -0.05) is 30.3 Å². The van der Waals surface area contributed by atoms with Crippen LogP contribution in [-0.4, -0.2) is 43.8 Å². The minimum atomic E-state index is -2.88. The van der Waals surface area contributed by atoms with E-state index in [1.807, 2.05) is 49.5 Å². The molecule has 1 saturated heterocycles. The zero-order valence-electron chi connectivity index (χ0n) is 14.2. The van der Waals surface area contributed by atoms with E-state index in [0.717, 1.165) is 11.3 Å². The normalized spacial score (nSPS) is 19.0. The number of sulfone groups is 1. The van der Waals surface area contributed by atoms with Crippen LogP contribution in [0.2, 0.25) is 0 Å². The third-order valence-corrected chi connectivity index (χ3v) is 6.26. The molecule has 3 rings (SSSR count). The molecule has 2 aromatic rings. The molecule has 1 N–H and O–H groups in total. The molecule has 1 atom stereocenters. The topological polar surface area (TPSA) is 66.5 Å². The lowest BCUT2D eigenvalue weighted by Crippen LogP contribution is -2.32. The molecule has 0 radical (unpaired) electrons. The Hall–Kier alpha value is -2.18. The van der Waals surface area contributed by atoms with E-state index in [1.165, 1.54) is 0 Å². The summed E-state index contributed by atoms with van der Waals surface area (Å²) in [6, 6.07) is 16.8. The average Bonchev–Trinajstić information content (AvgIpc) is 2.96. The number of nitrogens with zero attached hydrogens (tertiary/aromatic N) is 1. The summed E-state index contributed by atoms with van der Waals surface area (Å²) in [5.41, 5.74) is 2.42. The molecule has 1 aliphatic heterocycles. The predicted molar refractivity (Wildman–Crippen MR) is 99.4 cm³/mol. The third kappa shape index (κ3) is 4.67. The van der Waals surface area contributed by atoms with Crippen molar-refractivity contribution < 1.29 is 13.2 Å². The number of carbonyl (C=O) groups excluding carboxylic acids is 1. The van der Waals surface area contributed by atoms with Gasteiger partial charge in [0.2, 0.25) is 0 Å². The van der Waals surface area contributed by atoms with Gasteiger partial charge < -0.3 is 5.32 Å². The van der Waals surface area contributed by atoms with Gasteiger partial charge in [-0.15, -0.1) is 0 Å². The second-order valence-electron chi connectivity index (χ2n) is 6.49. The smallest absolute Gasteiger partial charge is 0.255 e. The van der Waals surface area contributed by atoms with Crippen LogP contribution in [0.15, 0.2) is 54.6 Å². The van der Waals surface area contributed by atoms with Gasteiger partial charge in [0.1, 0.15) is 0 Å². The fourth-order valence-corrected chi connectivity index (χ4v) is 4.83. The van der Waals surface area contributed by atoms with Crippen molar-refractivity contribution in [2.24, 2.45) is 0 Å². The van der Waals surface area contributed by atoms with Crippen molar-refractivity contribution in [2.45, 2.75) is 19.0 Å². The van der Waals surface area contributed by atoms with Crippen molar-refractivity contribution >= 4 is 21.4 Å². The summed E-state index contributed by atoms with van der Waals surface area (Å²) in [5.74, 6) is 0.370. The maximum absolute atomic E-state index is 12.2. The molecule has 0 saturated carbocycles. The Morgan fingerprint density at radius 2 is 1.80 bits per heavy atom. The van der Waals surface area contributed by atoms with Crippen LogP contribution in [0.1, 0.15) is 22.3 Å². The fraction of sp³-hybridized carbons (Fsp3) is 0.316. The fourth-order valence-electron chi connectivity index (χ4n) is 3.03. The first-order chi connectivity index (χ1) is 11.9. The first kappa shape index (κ1) is 17.6. The molecular formula is C19H22N2O3S. The Balaban J connectivity index is 1.59. The van der Waals surface area contributed by atoms with E-state index >= 15 is 0 Å². The van der Waals surface area contributed by atoms with Crippen LogP contribution in [0.25, 0.3) is 0 Å². The average molecular weight is 358 g/mol. The Morgan fingerprint density at radius 1 is 1.12 bits per heavy atom. The molecule has 0 unspecified atom stereocenters. The molecule has 25 heavy (non-hydrogen) atoms. The van der Waals surface area contributed by atoms with Crippen LogP contribution in [0.5, 0.6) is 0 Å². The molecule has 1 heterocycles. The van der Waals surface area contributed by atoms with Crippen molar-refractivity contribution in [1.29, 1.82) is 0 Å². The number of hydrogen-bond acceptors (Lipinski definition) is 4. The lowest BCUT2D eigenvalue weighted by Gasteiger charge is -2.23. The molecule has 1 aliphatic rings. The van der Waals surface area contributed by atoms with Crippen LogP contribution < -0.4 is 5.32 Å². The van der Waals surface area contributed by atoms with Crippen molar-refractivity contribution in [3.05, 3.63) is 65.7 Å². The standard InChI is InChI=1S/C19H22N2O3S/c1-21(18-11-12-25(23,24)14-18)13-15-7-9-16(10-8-15)19(22)20-17-5-3-2-4-6-17/h2-10,18H,11-14H2,1H3,(H,20,22)/t18-/m1/s1. The molecule has 1 amide bonds. The van der Waals surface area contributed by atoms with E-state index in [4.69, 9.17) is 0 Å². The number of anilines is 1. The zero-order valence-corrected chi connectivity index (χ0v) is 15.0.